The summed E-state index contributed by atoms with van der Waals surface area (Å²) >= 11 is 6.51. The van der Waals surface area contributed by atoms with E-state index in [0.29, 0.717) is 15.6 Å². The van der Waals surface area contributed by atoms with Crippen molar-refractivity contribution in [1.82, 2.24) is 0 Å². The van der Waals surface area contributed by atoms with Crippen molar-refractivity contribution in [3.63, 3.8) is 0 Å². The number of ketones is 1. The fraction of sp³-hybridized carbons (Fsp3) is 0.167. The first kappa shape index (κ1) is 14.1. The van der Waals surface area contributed by atoms with Crippen LogP contribution in [0.1, 0.15) is 22.8 Å². The minimum Gasteiger partial charge on any atom is -0.478 e. The Hall–Kier alpha value is -0.940. The SMILES string of the molecule is CC(Br)C(=O)c1cc(/C=C/C(=O)O)ccc1Br. The van der Waals surface area contributed by atoms with Crippen molar-refractivity contribution in [1.29, 1.82) is 0 Å². The van der Waals surface area contributed by atoms with E-state index in [1.807, 2.05) is 0 Å². The van der Waals surface area contributed by atoms with Crippen LogP contribution in [0.2, 0.25) is 0 Å². The molecule has 0 amide bonds. The van der Waals surface area contributed by atoms with Crippen molar-refractivity contribution in [3.05, 3.63) is 39.9 Å². The van der Waals surface area contributed by atoms with Gasteiger partial charge >= 0.3 is 5.97 Å². The molecule has 0 bridgehead atoms. The summed E-state index contributed by atoms with van der Waals surface area (Å²) in [6.45, 7) is 1.74. The molecule has 0 aromatic heterocycles. The van der Waals surface area contributed by atoms with Crippen molar-refractivity contribution in [3.8, 4) is 0 Å². The maximum Gasteiger partial charge on any atom is 0.328 e. The molecule has 1 rings (SSSR count). The fourth-order valence-corrected chi connectivity index (χ4v) is 1.91. The highest BCUT2D eigenvalue weighted by molar-refractivity contribution is 9.10. The van der Waals surface area contributed by atoms with E-state index in [0.717, 1.165) is 6.08 Å². The van der Waals surface area contributed by atoms with Gasteiger partial charge in [-0.1, -0.05) is 37.9 Å². The summed E-state index contributed by atoms with van der Waals surface area (Å²) in [6.07, 6.45) is 2.49. The Bertz CT molecular complexity index is 479. The molecule has 1 unspecified atom stereocenters. The second-order valence-corrected chi connectivity index (χ2v) is 5.62. The van der Waals surface area contributed by atoms with E-state index in [1.54, 1.807) is 25.1 Å². The van der Waals surface area contributed by atoms with Crippen LogP contribution in [-0.2, 0) is 4.79 Å². The average molecular weight is 362 g/mol. The Labute approximate surface area is 116 Å². The Morgan fingerprint density at radius 2 is 2.06 bits per heavy atom. The third kappa shape index (κ3) is 4.09. The summed E-state index contributed by atoms with van der Waals surface area (Å²) in [7, 11) is 0. The van der Waals surface area contributed by atoms with Gasteiger partial charge in [0.15, 0.2) is 5.78 Å². The van der Waals surface area contributed by atoms with Crippen molar-refractivity contribution in [2.45, 2.75) is 11.8 Å². The van der Waals surface area contributed by atoms with Gasteiger partial charge in [0.05, 0.1) is 4.83 Å². The molecule has 0 heterocycles. The fourth-order valence-electron chi connectivity index (χ4n) is 1.22. The number of hydrogen-bond acceptors (Lipinski definition) is 2. The number of benzene rings is 1. The molecule has 0 aliphatic heterocycles. The Kier molecular flexibility index (Phi) is 5.08. The molecule has 0 radical (unpaired) electrons. The quantitative estimate of drug-likeness (QED) is 0.507. The monoisotopic (exact) mass is 360 g/mol. The van der Waals surface area contributed by atoms with Gasteiger partial charge in [0.2, 0.25) is 0 Å². The molecule has 1 aromatic rings. The molecule has 1 atom stereocenters. The van der Waals surface area contributed by atoms with Crippen LogP contribution >= 0.6 is 31.9 Å². The van der Waals surface area contributed by atoms with E-state index < -0.39 is 5.97 Å². The third-order valence-corrected chi connectivity index (χ3v) is 3.14. The maximum absolute atomic E-state index is 11.8. The minimum atomic E-state index is -1.02. The lowest BCUT2D eigenvalue weighted by molar-refractivity contribution is -0.131. The van der Waals surface area contributed by atoms with E-state index in [4.69, 9.17) is 5.11 Å². The second-order valence-electron chi connectivity index (χ2n) is 3.39. The van der Waals surface area contributed by atoms with Crippen LogP contribution in [0.3, 0.4) is 0 Å². The molecule has 0 aliphatic carbocycles. The summed E-state index contributed by atoms with van der Waals surface area (Å²) in [4.78, 5) is 22.0. The lowest BCUT2D eigenvalue weighted by Crippen LogP contribution is -2.10. The number of carboxylic acid groups (broad SMARTS) is 1. The number of rotatable bonds is 4. The van der Waals surface area contributed by atoms with Gasteiger partial charge < -0.3 is 5.11 Å². The number of carboxylic acids is 1. The van der Waals surface area contributed by atoms with E-state index >= 15 is 0 Å². The van der Waals surface area contributed by atoms with E-state index in [9.17, 15) is 9.59 Å². The second kappa shape index (κ2) is 6.12. The average Bonchev–Trinajstić information content (AvgIpc) is 2.26. The zero-order chi connectivity index (χ0) is 13.0. The molecule has 1 aromatic carbocycles. The van der Waals surface area contributed by atoms with Crippen molar-refractivity contribution in [2.24, 2.45) is 0 Å². The summed E-state index contributed by atoms with van der Waals surface area (Å²) in [5.41, 5.74) is 1.20. The molecule has 1 N–H and O–H groups in total. The van der Waals surface area contributed by atoms with E-state index in [-0.39, 0.29) is 10.6 Å². The Morgan fingerprint density at radius 3 is 2.59 bits per heavy atom. The molecule has 90 valence electrons. The number of Topliss-reactive ketones (excluding diaryl/α,β-unsaturated/α-hetero) is 1. The van der Waals surface area contributed by atoms with Gasteiger partial charge in [0.25, 0.3) is 0 Å². The number of carbonyl (C=O) groups excluding carboxylic acids is 1. The molecular formula is C12H10Br2O3. The number of halogens is 2. The molecule has 0 saturated carbocycles. The van der Waals surface area contributed by atoms with Crippen LogP contribution in [0.5, 0.6) is 0 Å². The Morgan fingerprint density at radius 1 is 1.41 bits per heavy atom. The third-order valence-electron chi connectivity index (χ3n) is 2.04. The normalized spacial score (nSPS) is 12.6. The van der Waals surface area contributed by atoms with Crippen molar-refractivity contribution < 1.29 is 14.7 Å². The van der Waals surface area contributed by atoms with Gasteiger partial charge in [-0.05, 0) is 30.7 Å². The largest absolute Gasteiger partial charge is 0.478 e. The van der Waals surface area contributed by atoms with Gasteiger partial charge in [0.1, 0.15) is 0 Å². The number of hydrogen-bond donors (Lipinski definition) is 1. The van der Waals surface area contributed by atoms with Crippen LogP contribution in [-0.4, -0.2) is 21.7 Å². The first-order valence-electron chi connectivity index (χ1n) is 4.80. The van der Waals surface area contributed by atoms with Gasteiger partial charge in [0, 0.05) is 16.1 Å². The molecule has 17 heavy (non-hydrogen) atoms. The highest BCUT2D eigenvalue weighted by atomic mass is 79.9. The smallest absolute Gasteiger partial charge is 0.328 e. The number of aliphatic carboxylic acids is 1. The van der Waals surface area contributed by atoms with Crippen LogP contribution in [0.15, 0.2) is 28.7 Å². The summed E-state index contributed by atoms with van der Waals surface area (Å²) < 4.78 is 0.696. The van der Waals surface area contributed by atoms with E-state index in [2.05, 4.69) is 31.9 Å². The van der Waals surface area contributed by atoms with Crippen LogP contribution in [0, 0.1) is 0 Å². The molecule has 0 spiro atoms. The predicted octanol–water partition coefficient (Wildman–Crippen LogP) is 3.51. The zero-order valence-electron chi connectivity index (χ0n) is 8.98. The lowest BCUT2D eigenvalue weighted by atomic mass is 10.1. The topological polar surface area (TPSA) is 54.4 Å². The number of alkyl halides is 1. The minimum absolute atomic E-state index is 0.0533. The first-order valence-corrected chi connectivity index (χ1v) is 6.51. The van der Waals surface area contributed by atoms with E-state index in [1.165, 1.54) is 6.08 Å². The van der Waals surface area contributed by atoms with Gasteiger partial charge in [-0.2, -0.15) is 0 Å². The Balaban J connectivity index is 3.11. The van der Waals surface area contributed by atoms with Crippen LogP contribution in [0.25, 0.3) is 6.08 Å². The molecule has 0 aliphatic rings. The van der Waals surface area contributed by atoms with Gasteiger partial charge in [-0.3, -0.25) is 4.79 Å². The highest BCUT2D eigenvalue weighted by Gasteiger charge is 2.15. The highest BCUT2D eigenvalue weighted by Crippen LogP contribution is 2.22. The first-order chi connectivity index (χ1) is 7.91. The molecule has 0 saturated heterocycles. The molecule has 0 fully saturated rings. The molecular weight excluding hydrogens is 352 g/mol. The van der Waals surface area contributed by atoms with Gasteiger partial charge in [-0.25, -0.2) is 4.79 Å². The summed E-state index contributed by atoms with van der Waals surface area (Å²) in [5.74, 6) is -1.07. The van der Waals surface area contributed by atoms with Gasteiger partial charge in [-0.15, -0.1) is 0 Å². The summed E-state index contributed by atoms with van der Waals surface area (Å²) in [6, 6.07) is 5.12. The molecule has 5 heteroatoms. The van der Waals surface area contributed by atoms with Crippen LogP contribution in [0.4, 0.5) is 0 Å². The van der Waals surface area contributed by atoms with Crippen molar-refractivity contribution >= 4 is 49.7 Å². The van der Waals surface area contributed by atoms with Crippen molar-refractivity contribution in [2.75, 3.05) is 0 Å². The van der Waals surface area contributed by atoms with Crippen LogP contribution < -0.4 is 0 Å². The maximum atomic E-state index is 11.8. The molecule has 3 nitrogen and oxygen atoms in total. The standard InChI is InChI=1S/C12H10Br2O3/c1-7(13)12(17)9-6-8(2-4-10(9)14)3-5-11(15)16/h2-7H,1H3,(H,15,16)/b5-3+. The predicted molar refractivity (Wildman–Crippen MR) is 73.5 cm³/mol. The summed E-state index contributed by atoms with van der Waals surface area (Å²) in [5, 5.41) is 8.53. The zero-order valence-corrected chi connectivity index (χ0v) is 12.2. The lowest BCUT2D eigenvalue weighted by Gasteiger charge is -2.06. The number of carbonyl (C=O) groups is 2.